The van der Waals surface area contributed by atoms with E-state index in [0.717, 1.165) is 22.9 Å². The molecule has 0 bridgehead atoms. The van der Waals surface area contributed by atoms with Crippen LogP contribution >= 0.6 is 15.9 Å². The van der Waals surface area contributed by atoms with E-state index in [1.807, 2.05) is 38.1 Å². The van der Waals surface area contributed by atoms with E-state index in [4.69, 9.17) is 5.11 Å². The van der Waals surface area contributed by atoms with Gasteiger partial charge in [-0.3, -0.25) is 9.59 Å². The minimum Gasteiger partial charge on any atom is -0.481 e. The SMILES string of the molecule is CC(C)C(CC(=O)O)NC(=O)C1(c2ccc(Br)cc2)CC1. The summed E-state index contributed by atoms with van der Waals surface area (Å²) >= 11 is 3.39. The van der Waals surface area contributed by atoms with Crippen molar-refractivity contribution in [1.29, 1.82) is 0 Å². The zero-order valence-electron chi connectivity index (χ0n) is 12.2. The maximum atomic E-state index is 12.6. The van der Waals surface area contributed by atoms with Crippen LogP contribution in [0.15, 0.2) is 28.7 Å². The fourth-order valence-electron chi connectivity index (χ4n) is 2.49. The number of benzene rings is 1. The first kappa shape index (κ1) is 16.0. The highest BCUT2D eigenvalue weighted by Gasteiger charge is 2.51. The average Bonchev–Trinajstić information content (AvgIpc) is 3.19. The largest absolute Gasteiger partial charge is 0.481 e. The number of carbonyl (C=O) groups excluding carboxylic acids is 1. The summed E-state index contributed by atoms with van der Waals surface area (Å²) in [5, 5.41) is 11.9. The topological polar surface area (TPSA) is 66.4 Å². The standard InChI is InChI=1S/C16H20BrNO3/c1-10(2)13(9-14(19)20)18-15(21)16(7-8-16)11-3-5-12(17)6-4-11/h3-6,10,13H,7-9H2,1-2H3,(H,18,21)(H,19,20). The zero-order chi connectivity index (χ0) is 15.6. The van der Waals surface area contributed by atoms with Crippen molar-refractivity contribution in [2.75, 3.05) is 0 Å². The van der Waals surface area contributed by atoms with Gasteiger partial charge in [0.1, 0.15) is 0 Å². The third-order valence-corrected chi connectivity index (χ3v) is 4.63. The summed E-state index contributed by atoms with van der Waals surface area (Å²) in [5.41, 5.74) is 0.535. The minimum absolute atomic E-state index is 0.0418. The first-order valence-corrected chi connectivity index (χ1v) is 7.93. The Hall–Kier alpha value is -1.36. The van der Waals surface area contributed by atoms with Crippen molar-refractivity contribution in [3.05, 3.63) is 34.3 Å². The summed E-state index contributed by atoms with van der Waals surface area (Å²) in [4.78, 5) is 23.5. The summed E-state index contributed by atoms with van der Waals surface area (Å²) < 4.78 is 0.980. The normalized spacial score (nSPS) is 17.3. The van der Waals surface area contributed by atoms with Gasteiger partial charge in [0.05, 0.1) is 11.8 Å². The molecule has 1 atom stereocenters. The van der Waals surface area contributed by atoms with E-state index in [9.17, 15) is 9.59 Å². The molecule has 1 aliphatic carbocycles. The molecular formula is C16H20BrNO3. The average molecular weight is 354 g/mol. The van der Waals surface area contributed by atoms with Gasteiger partial charge in [-0.2, -0.15) is 0 Å². The maximum Gasteiger partial charge on any atom is 0.305 e. The van der Waals surface area contributed by atoms with E-state index in [1.54, 1.807) is 0 Å². The van der Waals surface area contributed by atoms with Crippen molar-refractivity contribution in [3.63, 3.8) is 0 Å². The van der Waals surface area contributed by atoms with Gasteiger partial charge in [0.25, 0.3) is 0 Å². The van der Waals surface area contributed by atoms with Crippen LogP contribution in [0.3, 0.4) is 0 Å². The number of carboxylic acids is 1. The number of carbonyl (C=O) groups is 2. The van der Waals surface area contributed by atoms with Crippen molar-refractivity contribution < 1.29 is 14.7 Å². The van der Waals surface area contributed by atoms with Crippen LogP contribution in [0.5, 0.6) is 0 Å². The molecule has 0 heterocycles. The fraction of sp³-hybridized carbons (Fsp3) is 0.500. The summed E-state index contributed by atoms with van der Waals surface area (Å²) in [7, 11) is 0. The summed E-state index contributed by atoms with van der Waals surface area (Å²) in [6, 6.07) is 7.44. The Kier molecular flexibility index (Phi) is 4.71. The van der Waals surface area contributed by atoms with Crippen molar-refractivity contribution in [1.82, 2.24) is 5.32 Å². The molecule has 1 fully saturated rings. The number of hydrogen-bond acceptors (Lipinski definition) is 2. The smallest absolute Gasteiger partial charge is 0.305 e. The molecule has 0 radical (unpaired) electrons. The van der Waals surface area contributed by atoms with Gasteiger partial charge < -0.3 is 10.4 Å². The second-order valence-corrected chi connectivity index (χ2v) is 6.93. The number of halogens is 1. The molecule has 2 N–H and O–H groups in total. The predicted molar refractivity (Wildman–Crippen MR) is 84.1 cm³/mol. The molecular weight excluding hydrogens is 334 g/mol. The Bertz CT molecular complexity index is 535. The highest BCUT2D eigenvalue weighted by molar-refractivity contribution is 9.10. The maximum absolute atomic E-state index is 12.6. The van der Waals surface area contributed by atoms with Crippen molar-refractivity contribution in [3.8, 4) is 0 Å². The number of amides is 1. The number of carboxylic acid groups (broad SMARTS) is 1. The summed E-state index contributed by atoms with van der Waals surface area (Å²) in [6.07, 6.45) is 1.59. The molecule has 21 heavy (non-hydrogen) atoms. The van der Waals surface area contributed by atoms with Gasteiger partial charge >= 0.3 is 5.97 Å². The molecule has 1 unspecified atom stereocenters. The predicted octanol–water partition coefficient (Wildman–Crippen LogP) is 3.10. The first-order valence-electron chi connectivity index (χ1n) is 7.14. The van der Waals surface area contributed by atoms with Gasteiger partial charge in [0.2, 0.25) is 5.91 Å². The van der Waals surface area contributed by atoms with Gasteiger partial charge in [-0.25, -0.2) is 0 Å². The number of hydrogen-bond donors (Lipinski definition) is 2. The Morgan fingerprint density at radius 2 is 1.86 bits per heavy atom. The third kappa shape index (κ3) is 3.64. The van der Waals surface area contributed by atoms with Crippen LogP contribution in [-0.4, -0.2) is 23.0 Å². The molecule has 1 aromatic rings. The monoisotopic (exact) mass is 353 g/mol. The first-order chi connectivity index (χ1) is 9.85. The van der Waals surface area contributed by atoms with E-state index < -0.39 is 11.4 Å². The number of rotatable bonds is 6. The van der Waals surface area contributed by atoms with E-state index >= 15 is 0 Å². The minimum atomic E-state index is -0.887. The lowest BCUT2D eigenvalue weighted by molar-refractivity contribution is -0.138. The van der Waals surface area contributed by atoms with Crippen LogP contribution in [0, 0.1) is 5.92 Å². The fourth-order valence-corrected chi connectivity index (χ4v) is 2.75. The van der Waals surface area contributed by atoms with Gasteiger partial charge in [-0.05, 0) is 36.5 Å². The second kappa shape index (κ2) is 6.18. The van der Waals surface area contributed by atoms with Crippen molar-refractivity contribution >= 4 is 27.8 Å². The number of aliphatic carboxylic acids is 1. The molecule has 5 heteroatoms. The molecule has 0 saturated heterocycles. The third-order valence-electron chi connectivity index (χ3n) is 4.10. The van der Waals surface area contributed by atoms with Crippen molar-refractivity contribution in [2.45, 2.75) is 44.6 Å². The van der Waals surface area contributed by atoms with E-state index in [2.05, 4.69) is 21.2 Å². The van der Waals surface area contributed by atoms with Crippen LogP contribution in [0.1, 0.15) is 38.7 Å². The Labute approximate surface area is 133 Å². The Morgan fingerprint density at radius 3 is 2.29 bits per heavy atom. The molecule has 1 aliphatic rings. The highest BCUT2D eigenvalue weighted by Crippen LogP contribution is 2.48. The number of nitrogens with one attached hydrogen (secondary N) is 1. The van der Waals surface area contributed by atoms with Crippen LogP contribution < -0.4 is 5.32 Å². The van der Waals surface area contributed by atoms with Crippen molar-refractivity contribution in [2.24, 2.45) is 5.92 Å². The van der Waals surface area contributed by atoms with Gasteiger partial charge in [-0.15, -0.1) is 0 Å². The van der Waals surface area contributed by atoms with Gasteiger partial charge in [0.15, 0.2) is 0 Å². The quantitative estimate of drug-likeness (QED) is 0.825. The lowest BCUT2D eigenvalue weighted by Crippen LogP contribution is -2.45. The lowest BCUT2D eigenvalue weighted by Gasteiger charge is -2.24. The van der Waals surface area contributed by atoms with Crippen LogP contribution in [-0.2, 0) is 15.0 Å². The molecule has 1 amide bonds. The summed E-state index contributed by atoms with van der Waals surface area (Å²) in [6.45, 7) is 3.85. The second-order valence-electron chi connectivity index (χ2n) is 6.01. The van der Waals surface area contributed by atoms with Gasteiger partial charge in [-0.1, -0.05) is 41.9 Å². The molecule has 0 aromatic heterocycles. The van der Waals surface area contributed by atoms with E-state index in [-0.39, 0.29) is 24.3 Å². The van der Waals surface area contributed by atoms with Gasteiger partial charge in [0, 0.05) is 10.5 Å². The van der Waals surface area contributed by atoms with Crippen LogP contribution in [0.4, 0.5) is 0 Å². The molecule has 1 saturated carbocycles. The van der Waals surface area contributed by atoms with Crippen LogP contribution in [0.25, 0.3) is 0 Å². The highest BCUT2D eigenvalue weighted by atomic mass is 79.9. The van der Waals surface area contributed by atoms with E-state index in [0.29, 0.717) is 0 Å². The molecule has 4 nitrogen and oxygen atoms in total. The molecule has 0 aliphatic heterocycles. The Morgan fingerprint density at radius 1 is 1.29 bits per heavy atom. The molecule has 114 valence electrons. The molecule has 1 aromatic carbocycles. The molecule has 2 rings (SSSR count). The zero-order valence-corrected chi connectivity index (χ0v) is 13.8. The van der Waals surface area contributed by atoms with E-state index in [1.165, 1.54) is 0 Å². The lowest BCUT2D eigenvalue weighted by atomic mass is 9.93. The summed E-state index contributed by atoms with van der Waals surface area (Å²) in [5.74, 6) is -0.849. The molecule has 0 spiro atoms. The van der Waals surface area contributed by atoms with Crippen LogP contribution in [0.2, 0.25) is 0 Å². The Balaban J connectivity index is 2.11.